The molecule has 0 aliphatic heterocycles. The first-order valence-electron chi connectivity index (χ1n) is 6.48. The molecule has 0 fully saturated rings. The maximum absolute atomic E-state index is 11.8. The van der Waals surface area contributed by atoms with Crippen LogP contribution in [0.4, 0.5) is 0 Å². The van der Waals surface area contributed by atoms with Crippen LogP contribution in [-0.4, -0.2) is 14.2 Å². The summed E-state index contributed by atoms with van der Waals surface area (Å²) in [5.74, 6) is 0. The average Bonchev–Trinajstić information content (AvgIpc) is 3.01. The first-order valence-corrected chi connectivity index (χ1v) is 8.46. The zero-order valence-corrected chi connectivity index (χ0v) is 14.5. The molecule has 0 spiro atoms. The molecule has 0 aliphatic carbocycles. The lowest BCUT2D eigenvalue weighted by molar-refractivity contribution is 0.800. The van der Waals surface area contributed by atoms with Gasteiger partial charge < -0.3 is 0 Å². The molecule has 0 saturated heterocycles. The van der Waals surface area contributed by atoms with Crippen LogP contribution in [0.15, 0.2) is 39.6 Å². The molecule has 4 nitrogen and oxygen atoms in total. The third kappa shape index (κ3) is 2.02. The quantitative estimate of drug-likeness (QED) is 0.514. The Kier molecular flexibility index (Phi) is 3.14. The number of fused-ring (bicyclic) bond motifs is 2. The van der Waals surface area contributed by atoms with E-state index in [0.29, 0.717) is 10.4 Å². The largest absolute Gasteiger partial charge is 0.277 e. The van der Waals surface area contributed by atoms with Gasteiger partial charge in [-0.05, 0) is 46.3 Å². The molecule has 0 amide bonds. The number of hydrogen-bond acceptors (Lipinski definition) is 3. The molecule has 0 saturated carbocycles. The van der Waals surface area contributed by atoms with Gasteiger partial charge in [-0.1, -0.05) is 23.1 Å². The van der Waals surface area contributed by atoms with Gasteiger partial charge in [-0.15, -0.1) is 0 Å². The minimum absolute atomic E-state index is 0.0731. The van der Waals surface area contributed by atoms with Crippen LogP contribution < -0.4 is 5.56 Å². The van der Waals surface area contributed by atoms with E-state index >= 15 is 0 Å². The highest BCUT2D eigenvalue weighted by atomic mass is 79.9. The van der Waals surface area contributed by atoms with E-state index in [1.165, 1.54) is 11.5 Å². The normalized spacial score (nSPS) is 11.6. The maximum Gasteiger partial charge on any atom is 0.267 e. The Bertz CT molecular complexity index is 1100. The number of rotatable bonds is 1. The van der Waals surface area contributed by atoms with E-state index < -0.39 is 0 Å². The third-order valence-corrected chi connectivity index (χ3v) is 5.31. The molecule has 7 heteroatoms. The summed E-state index contributed by atoms with van der Waals surface area (Å²) in [6.07, 6.45) is 0. The average molecular weight is 395 g/mol. The van der Waals surface area contributed by atoms with Crippen molar-refractivity contribution in [1.82, 2.24) is 14.2 Å². The summed E-state index contributed by atoms with van der Waals surface area (Å²) in [7, 11) is 1.89. The van der Waals surface area contributed by atoms with Gasteiger partial charge in [0.05, 0.1) is 15.6 Å². The summed E-state index contributed by atoms with van der Waals surface area (Å²) in [5.41, 5.74) is 2.73. The first kappa shape index (κ1) is 14.0. The van der Waals surface area contributed by atoms with Crippen LogP contribution in [0.1, 0.15) is 0 Å². The molecule has 2 aromatic carbocycles. The second-order valence-electron chi connectivity index (χ2n) is 5.00. The number of benzene rings is 2. The number of nitrogens with zero attached hydrogens (tertiary/aromatic N) is 2. The lowest BCUT2D eigenvalue weighted by Crippen LogP contribution is -1.97. The van der Waals surface area contributed by atoms with E-state index in [9.17, 15) is 4.79 Å². The Labute approximate surface area is 142 Å². The van der Waals surface area contributed by atoms with Crippen LogP contribution in [0, 0.1) is 0 Å². The molecule has 0 radical (unpaired) electrons. The van der Waals surface area contributed by atoms with Crippen LogP contribution in [0.3, 0.4) is 0 Å². The van der Waals surface area contributed by atoms with Crippen molar-refractivity contribution in [2.45, 2.75) is 0 Å². The van der Waals surface area contributed by atoms with Crippen LogP contribution in [0.25, 0.3) is 32.2 Å². The first-order chi connectivity index (χ1) is 10.5. The highest BCUT2D eigenvalue weighted by molar-refractivity contribution is 9.10. The van der Waals surface area contributed by atoms with Crippen molar-refractivity contribution < 1.29 is 0 Å². The highest BCUT2D eigenvalue weighted by Gasteiger charge is 2.15. The molecule has 0 atom stereocenters. The van der Waals surface area contributed by atoms with Crippen molar-refractivity contribution in [3.05, 3.63) is 50.2 Å². The van der Waals surface area contributed by atoms with E-state index in [1.807, 2.05) is 42.1 Å². The SMILES string of the molecule is Cn1nc(-c2cc(Br)c3c(=O)[nH]sc3c2)c2ccc(Cl)cc21. The van der Waals surface area contributed by atoms with Gasteiger partial charge in [-0.25, -0.2) is 0 Å². The summed E-state index contributed by atoms with van der Waals surface area (Å²) in [6, 6.07) is 9.64. The van der Waals surface area contributed by atoms with Crippen LogP contribution in [0.2, 0.25) is 5.02 Å². The zero-order valence-electron chi connectivity index (χ0n) is 11.4. The lowest BCUT2D eigenvalue weighted by Gasteiger charge is -2.00. The Morgan fingerprint density at radius 3 is 2.95 bits per heavy atom. The number of H-pyrrole nitrogens is 1. The topological polar surface area (TPSA) is 50.7 Å². The summed E-state index contributed by atoms with van der Waals surface area (Å²) >= 11 is 10.9. The molecule has 0 aliphatic rings. The molecule has 0 unspecified atom stereocenters. The van der Waals surface area contributed by atoms with Gasteiger partial charge in [0.15, 0.2) is 0 Å². The molecule has 2 aromatic heterocycles. The minimum atomic E-state index is -0.0731. The Balaban J connectivity index is 2.05. The number of aryl methyl sites for hydroxylation is 1. The standard InChI is InChI=1S/C15H9BrClN3OS/c1-20-11-6-8(17)2-3-9(11)14(18-20)7-4-10(16)13-12(5-7)22-19-15(13)21/h2-6H,1H3,(H,19,21). The monoisotopic (exact) mass is 393 g/mol. The van der Waals surface area contributed by atoms with Crippen molar-refractivity contribution in [2.75, 3.05) is 0 Å². The molecule has 1 N–H and O–H groups in total. The van der Waals surface area contributed by atoms with Gasteiger partial charge in [-0.2, -0.15) is 5.10 Å². The maximum atomic E-state index is 11.8. The summed E-state index contributed by atoms with van der Waals surface area (Å²) in [4.78, 5) is 11.8. The fourth-order valence-electron chi connectivity index (χ4n) is 2.62. The van der Waals surface area contributed by atoms with Crippen molar-refractivity contribution in [2.24, 2.45) is 7.05 Å². The highest BCUT2D eigenvalue weighted by Crippen LogP contribution is 2.34. The van der Waals surface area contributed by atoms with Gasteiger partial charge in [0.25, 0.3) is 5.56 Å². The second-order valence-corrected chi connectivity index (χ2v) is 7.14. The summed E-state index contributed by atoms with van der Waals surface area (Å²) < 4.78 is 6.25. The predicted octanol–water partition coefficient (Wildman–Crippen LogP) is 4.56. The van der Waals surface area contributed by atoms with Crippen LogP contribution in [-0.2, 0) is 7.05 Å². The Morgan fingerprint density at radius 2 is 2.14 bits per heavy atom. The van der Waals surface area contributed by atoms with Gasteiger partial charge in [0, 0.05) is 27.5 Å². The van der Waals surface area contributed by atoms with E-state index in [2.05, 4.69) is 25.4 Å². The molecule has 4 aromatic rings. The predicted molar refractivity (Wildman–Crippen MR) is 94.9 cm³/mol. The molecular formula is C15H9BrClN3OS. The number of aromatic amines is 1. The summed E-state index contributed by atoms with van der Waals surface area (Å²) in [5, 5.41) is 7.00. The fourth-order valence-corrected chi connectivity index (χ4v) is 4.35. The second kappa shape index (κ2) is 4.94. The number of nitrogens with one attached hydrogen (secondary N) is 1. The molecule has 2 heterocycles. The lowest BCUT2D eigenvalue weighted by atomic mass is 10.1. The molecule has 110 valence electrons. The van der Waals surface area contributed by atoms with E-state index in [-0.39, 0.29) is 5.56 Å². The van der Waals surface area contributed by atoms with Crippen LogP contribution in [0.5, 0.6) is 0 Å². The molecule has 4 rings (SSSR count). The van der Waals surface area contributed by atoms with Gasteiger partial charge in [0.2, 0.25) is 0 Å². The fraction of sp³-hybridized carbons (Fsp3) is 0.0667. The minimum Gasteiger partial charge on any atom is -0.277 e. The van der Waals surface area contributed by atoms with Crippen molar-refractivity contribution in [3.8, 4) is 11.3 Å². The zero-order chi connectivity index (χ0) is 15.4. The Morgan fingerprint density at radius 1 is 1.32 bits per heavy atom. The Hall–Kier alpha value is -1.63. The molecule has 22 heavy (non-hydrogen) atoms. The number of hydrogen-bond donors (Lipinski definition) is 1. The van der Waals surface area contributed by atoms with Crippen molar-refractivity contribution in [3.63, 3.8) is 0 Å². The van der Waals surface area contributed by atoms with Gasteiger partial charge in [-0.3, -0.25) is 13.8 Å². The van der Waals surface area contributed by atoms with Gasteiger partial charge >= 0.3 is 0 Å². The third-order valence-electron chi connectivity index (χ3n) is 3.62. The van der Waals surface area contributed by atoms with E-state index in [0.717, 1.165) is 31.3 Å². The number of aromatic nitrogens is 3. The van der Waals surface area contributed by atoms with Gasteiger partial charge in [0.1, 0.15) is 5.69 Å². The van der Waals surface area contributed by atoms with E-state index in [4.69, 9.17) is 11.6 Å². The number of halogens is 2. The van der Waals surface area contributed by atoms with Crippen molar-refractivity contribution in [1.29, 1.82) is 0 Å². The van der Waals surface area contributed by atoms with Crippen molar-refractivity contribution >= 4 is 60.1 Å². The molecular weight excluding hydrogens is 386 g/mol. The van der Waals surface area contributed by atoms with Crippen LogP contribution >= 0.6 is 39.1 Å². The molecule has 0 bridgehead atoms. The smallest absolute Gasteiger partial charge is 0.267 e. The van der Waals surface area contributed by atoms with E-state index in [1.54, 1.807) is 0 Å². The summed E-state index contributed by atoms with van der Waals surface area (Å²) in [6.45, 7) is 0.